The predicted octanol–water partition coefficient (Wildman–Crippen LogP) is 0.223. The van der Waals surface area contributed by atoms with E-state index in [4.69, 9.17) is 13.6 Å². The summed E-state index contributed by atoms with van der Waals surface area (Å²) in [5, 5.41) is 0. The highest BCUT2D eigenvalue weighted by Crippen LogP contribution is 2.34. The van der Waals surface area contributed by atoms with Crippen molar-refractivity contribution in [1.29, 1.82) is 0 Å². The van der Waals surface area contributed by atoms with Crippen molar-refractivity contribution in [3.63, 3.8) is 0 Å². The van der Waals surface area contributed by atoms with Gasteiger partial charge in [-0.1, -0.05) is 18.0 Å². The van der Waals surface area contributed by atoms with Crippen LogP contribution in [0.1, 0.15) is 26.2 Å². The van der Waals surface area contributed by atoms with Crippen molar-refractivity contribution in [2.24, 2.45) is 5.73 Å². The Balaban J connectivity index is 2.14. The average Bonchev–Trinajstić information content (AvgIpc) is 2.59. The lowest BCUT2D eigenvalue weighted by atomic mass is 9.78. The molecule has 2 N–H and O–H groups in total. The second kappa shape index (κ2) is 5.03. The maximum Gasteiger partial charge on any atom is 0.261 e. The Hall–Kier alpha value is -1.85. The van der Waals surface area contributed by atoms with E-state index >= 15 is 0 Å². The molecule has 0 bridgehead atoms. The Morgan fingerprint density at radius 2 is 2.21 bits per heavy atom. The van der Waals surface area contributed by atoms with Crippen LogP contribution in [0.15, 0.2) is 23.3 Å². The van der Waals surface area contributed by atoms with Crippen LogP contribution < -0.4 is 5.73 Å². The standard InChI is InChI=1S/C13H15BN2O3/c1-7(2-5-11(15)17)16-12(18)9-4-3-8(14)6-10(9)13(16)19/h3-4,7-8H,2,5-6H2,1H3,(H2,15,17). The van der Waals surface area contributed by atoms with Gasteiger partial charge in [-0.25, -0.2) is 0 Å². The van der Waals surface area contributed by atoms with Gasteiger partial charge in [0.1, 0.15) is 0 Å². The second-order valence-electron chi connectivity index (χ2n) is 4.95. The normalized spacial score (nSPS) is 23.8. The number of allylic oxidation sites excluding steroid dienone is 1. The summed E-state index contributed by atoms with van der Waals surface area (Å²) in [5.41, 5.74) is 5.98. The molecule has 2 atom stereocenters. The highest BCUT2D eigenvalue weighted by Gasteiger charge is 2.40. The summed E-state index contributed by atoms with van der Waals surface area (Å²) in [7, 11) is 5.75. The van der Waals surface area contributed by atoms with Crippen LogP contribution in [0.4, 0.5) is 0 Å². The van der Waals surface area contributed by atoms with Gasteiger partial charge in [0.25, 0.3) is 11.8 Å². The van der Waals surface area contributed by atoms with E-state index in [1.54, 1.807) is 19.1 Å². The van der Waals surface area contributed by atoms with E-state index in [0.717, 1.165) is 0 Å². The molecule has 2 radical (unpaired) electrons. The summed E-state index contributed by atoms with van der Waals surface area (Å²) < 4.78 is 0. The van der Waals surface area contributed by atoms with Crippen LogP contribution in [0.5, 0.6) is 0 Å². The first kappa shape index (κ1) is 13.6. The van der Waals surface area contributed by atoms with E-state index in [1.165, 1.54) is 4.90 Å². The average molecular weight is 258 g/mol. The molecule has 6 heteroatoms. The molecule has 2 rings (SSSR count). The third-order valence-corrected chi connectivity index (χ3v) is 3.45. The van der Waals surface area contributed by atoms with E-state index in [1.807, 2.05) is 0 Å². The van der Waals surface area contributed by atoms with Gasteiger partial charge in [-0.15, -0.1) is 0 Å². The largest absolute Gasteiger partial charge is 0.370 e. The van der Waals surface area contributed by atoms with Crippen molar-refractivity contribution in [3.8, 4) is 0 Å². The van der Waals surface area contributed by atoms with Crippen LogP contribution in [-0.2, 0) is 14.4 Å². The highest BCUT2D eigenvalue weighted by molar-refractivity contribution is 6.23. The summed E-state index contributed by atoms with van der Waals surface area (Å²) in [6, 6.07) is -0.345. The van der Waals surface area contributed by atoms with Crippen molar-refractivity contribution in [2.45, 2.75) is 38.0 Å². The van der Waals surface area contributed by atoms with Gasteiger partial charge in [0.2, 0.25) is 5.91 Å². The number of amides is 3. The molecule has 0 saturated carbocycles. The van der Waals surface area contributed by atoms with Crippen molar-refractivity contribution in [2.75, 3.05) is 0 Å². The Morgan fingerprint density at radius 3 is 2.84 bits per heavy atom. The van der Waals surface area contributed by atoms with E-state index in [0.29, 0.717) is 24.0 Å². The number of imide groups is 1. The fourth-order valence-corrected chi connectivity index (χ4v) is 2.38. The van der Waals surface area contributed by atoms with Crippen molar-refractivity contribution in [1.82, 2.24) is 4.90 Å². The lowest BCUT2D eigenvalue weighted by molar-refractivity contribution is -0.140. The number of rotatable bonds is 4. The molecular formula is C13H15BN2O3. The smallest absolute Gasteiger partial charge is 0.261 e. The van der Waals surface area contributed by atoms with Crippen LogP contribution in [0.3, 0.4) is 0 Å². The lowest BCUT2D eigenvalue weighted by Gasteiger charge is -2.22. The van der Waals surface area contributed by atoms with Gasteiger partial charge in [-0.3, -0.25) is 19.3 Å². The summed E-state index contributed by atoms with van der Waals surface area (Å²) >= 11 is 0. The first-order chi connectivity index (χ1) is 8.91. The summed E-state index contributed by atoms with van der Waals surface area (Å²) in [6.45, 7) is 1.74. The number of nitrogens with zero attached hydrogens (tertiary/aromatic N) is 1. The summed E-state index contributed by atoms with van der Waals surface area (Å²) in [5.74, 6) is -1.26. The Labute approximate surface area is 112 Å². The fraction of sp³-hybridized carbons (Fsp3) is 0.462. The maximum atomic E-state index is 12.2. The Bertz CT molecular complexity index is 510. The van der Waals surface area contributed by atoms with Crippen molar-refractivity contribution >= 4 is 25.6 Å². The zero-order chi connectivity index (χ0) is 14.2. The molecule has 98 valence electrons. The van der Waals surface area contributed by atoms with E-state index in [-0.39, 0.29) is 30.1 Å². The van der Waals surface area contributed by atoms with Crippen molar-refractivity contribution < 1.29 is 14.4 Å². The molecule has 5 nitrogen and oxygen atoms in total. The zero-order valence-electron chi connectivity index (χ0n) is 10.8. The van der Waals surface area contributed by atoms with Gasteiger partial charge in [-0.2, -0.15) is 0 Å². The van der Waals surface area contributed by atoms with Gasteiger partial charge in [0, 0.05) is 23.6 Å². The molecule has 0 saturated heterocycles. The first-order valence-corrected chi connectivity index (χ1v) is 6.25. The Morgan fingerprint density at radius 1 is 1.53 bits per heavy atom. The second-order valence-corrected chi connectivity index (χ2v) is 4.95. The van der Waals surface area contributed by atoms with Crippen molar-refractivity contribution in [3.05, 3.63) is 23.3 Å². The third kappa shape index (κ3) is 2.48. The minimum absolute atomic E-state index is 0.151. The van der Waals surface area contributed by atoms with Crippen LogP contribution >= 0.6 is 0 Å². The number of carbonyl (C=O) groups is 3. The molecule has 1 heterocycles. The van der Waals surface area contributed by atoms with Gasteiger partial charge in [-0.05, 0) is 19.8 Å². The molecule has 19 heavy (non-hydrogen) atoms. The topological polar surface area (TPSA) is 80.5 Å². The van der Waals surface area contributed by atoms with Gasteiger partial charge in [0.05, 0.1) is 7.85 Å². The van der Waals surface area contributed by atoms with Crippen LogP contribution in [0, 0.1) is 0 Å². The minimum atomic E-state index is -0.439. The SMILES string of the molecule is [B]C1C=CC2=C(C1)C(=O)N(C(C)CCC(N)=O)C2=O. The van der Waals surface area contributed by atoms with Gasteiger partial charge in [0.15, 0.2) is 0 Å². The molecule has 0 spiro atoms. The summed E-state index contributed by atoms with van der Waals surface area (Å²) in [6.07, 6.45) is 4.25. The summed E-state index contributed by atoms with van der Waals surface area (Å²) in [4.78, 5) is 36.4. The van der Waals surface area contributed by atoms with Crippen LogP contribution in [0.2, 0.25) is 5.82 Å². The highest BCUT2D eigenvalue weighted by atomic mass is 16.2. The fourth-order valence-electron chi connectivity index (χ4n) is 2.38. The number of hydrogen-bond donors (Lipinski definition) is 1. The molecule has 0 aromatic rings. The molecule has 2 unspecified atom stereocenters. The lowest BCUT2D eigenvalue weighted by Crippen LogP contribution is -2.39. The van der Waals surface area contributed by atoms with Crippen LogP contribution in [-0.4, -0.2) is 36.5 Å². The minimum Gasteiger partial charge on any atom is -0.370 e. The van der Waals surface area contributed by atoms with E-state index < -0.39 is 5.91 Å². The number of nitrogens with two attached hydrogens (primary N) is 1. The molecule has 1 aliphatic carbocycles. The molecule has 3 amide bonds. The van der Waals surface area contributed by atoms with Gasteiger partial charge < -0.3 is 5.73 Å². The number of carbonyl (C=O) groups excluding carboxylic acids is 3. The van der Waals surface area contributed by atoms with E-state index in [2.05, 4.69) is 0 Å². The molecule has 2 aliphatic rings. The van der Waals surface area contributed by atoms with Gasteiger partial charge >= 0.3 is 0 Å². The molecular weight excluding hydrogens is 243 g/mol. The maximum absolute atomic E-state index is 12.2. The Kier molecular flexibility index (Phi) is 3.60. The third-order valence-electron chi connectivity index (χ3n) is 3.45. The quantitative estimate of drug-likeness (QED) is 0.578. The van der Waals surface area contributed by atoms with Crippen LogP contribution in [0.25, 0.3) is 0 Å². The first-order valence-electron chi connectivity index (χ1n) is 6.25. The number of primary amides is 1. The zero-order valence-corrected chi connectivity index (χ0v) is 10.8. The molecule has 0 fully saturated rings. The molecule has 0 aromatic heterocycles. The monoisotopic (exact) mass is 258 g/mol. The molecule has 0 aromatic carbocycles. The van der Waals surface area contributed by atoms with E-state index in [9.17, 15) is 14.4 Å². The molecule has 1 aliphatic heterocycles. The predicted molar refractivity (Wildman–Crippen MR) is 70.0 cm³/mol. The number of hydrogen-bond acceptors (Lipinski definition) is 3.